The summed E-state index contributed by atoms with van der Waals surface area (Å²) in [6, 6.07) is 10.7. The van der Waals surface area contributed by atoms with Gasteiger partial charge in [0.05, 0.1) is 5.92 Å². The van der Waals surface area contributed by atoms with Crippen molar-refractivity contribution in [3.05, 3.63) is 74.5 Å². The minimum absolute atomic E-state index is 0.0419. The molecule has 3 rings (SSSR count). The summed E-state index contributed by atoms with van der Waals surface area (Å²) in [5.74, 6) is -2.12. The van der Waals surface area contributed by atoms with Gasteiger partial charge in [-0.3, -0.25) is 14.9 Å². The van der Waals surface area contributed by atoms with Crippen molar-refractivity contribution in [3.63, 3.8) is 0 Å². The van der Waals surface area contributed by atoms with E-state index in [0.29, 0.717) is 11.3 Å². The van der Waals surface area contributed by atoms with Crippen LogP contribution in [0.1, 0.15) is 24.0 Å². The van der Waals surface area contributed by atoms with Crippen molar-refractivity contribution in [1.29, 1.82) is 0 Å². The van der Waals surface area contributed by atoms with Crippen LogP contribution in [0, 0.1) is 15.9 Å². The SMILES string of the molecule is C[C@]1([C@H](C[N+](=O)[O-])c2c(F)cccc2Cl)C(=O)Oc2ccccc21. The molecule has 0 amide bonds. The van der Waals surface area contributed by atoms with Crippen LogP contribution in [0.25, 0.3) is 0 Å². The molecule has 2 aromatic carbocycles. The van der Waals surface area contributed by atoms with Crippen molar-refractivity contribution in [3.8, 4) is 5.75 Å². The second kappa shape index (κ2) is 5.87. The van der Waals surface area contributed by atoms with Crippen LogP contribution in [-0.2, 0) is 10.2 Å². The van der Waals surface area contributed by atoms with E-state index in [1.165, 1.54) is 25.1 Å². The molecule has 1 aliphatic rings. The Bertz CT molecular complexity index is 821. The third-order valence-corrected chi connectivity index (χ3v) is 4.78. The maximum absolute atomic E-state index is 14.4. The van der Waals surface area contributed by atoms with Gasteiger partial charge in [0, 0.05) is 21.1 Å². The highest BCUT2D eigenvalue weighted by Crippen LogP contribution is 2.49. The second-order valence-electron chi connectivity index (χ2n) is 5.79. The lowest BCUT2D eigenvalue weighted by Gasteiger charge is -2.29. The van der Waals surface area contributed by atoms with E-state index in [0.717, 1.165) is 0 Å². The number of hydrogen-bond acceptors (Lipinski definition) is 4. The predicted octanol–water partition coefficient (Wildman–Crippen LogP) is 3.72. The van der Waals surface area contributed by atoms with Crippen molar-refractivity contribution < 1.29 is 18.8 Å². The number of halogens is 2. The van der Waals surface area contributed by atoms with Crippen LogP contribution < -0.4 is 4.74 Å². The molecule has 0 saturated heterocycles. The zero-order valence-corrected chi connectivity index (χ0v) is 13.4. The van der Waals surface area contributed by atoms with E-state index >= 15 is 0 Å². The van der Waals surface area contributed by atoms with Crippen LogP contribution in [0.15, 0.2) is 42.5 Å². The molecule has 0 aliphatic carbocycles. The van der Waals surface area contributed by atoms with Crippen molar-refractivity contribution in [2.24, 2.45) is 0 Å². The topological polar surface area (TPSA) is 69.4 Å². The summed E-state index contributed by atoms with van der Waals surface area (Å²) in [7, 11) is 0. The highest BCUT2D eigenvalue weighted by Gasteiger charge is 2.54. The zero-order valence-electron chi connectivity index (χ0n) is 12.7. The third kappa shape index (κ3) is 2.43. The number of fused-ring (bicyclic) bond motifs is 1. The molecule has 2 aromatic rings. The Morgan fingerprint density at radius 3 is 2.67 bits per heavy atom. The first-order valence-corrected chi connectivity index (χ1v) is 7.61. The van der Waals surface area contributed by atoms with Gasteiger partial charge in [-0.05, 0) is 25.1 Å². The van der Waals surface area contributed by atoms with Crippen LogP contribution >= 0.6 is 11.6 Å². The van der Waals surface area contributed by atoms with Gasteiger partial charge in [0.15, 0.2) is 0 Å². The number of hydrogen-bond donors (Lipinski definition) is 0. The van der Waals surface area contributed by atoms with E-state index < -0.39 is 34.6 Å². The molecule has 2 atom stereocenters. The monoisotopic (exact) mass is 349 g/mol. The molecule has 0 unspecified atom stereocenters. The van der Waals surface area contributed by atoms with E-state index in [1.807, 2.05) is 0 Å². The predicted molar refractivity (Wildman–Crippen MR) is 85.4 cm³/mol. The number of benzene rings is 2. The average molecular weight is 350 g/mol. The summed E-state index contributed by atoms with van der Waals surface area (Å²) < 4.78 is 19.7. The van der Waals surface area contributed by atoms with Gasteiger partial charge in [-0.2, -0.15) is 0 Å². The summed E-state index contributed by atoms with van der Waals surface area (Å²) in [4.78, 5) is 23.2. The first-order valence-electron chi connectivity index (χ1n) is 7.23. The van der Waals surface area contributed by atoms with Gasteiger partial charge in [-0.1, -0.05) is 35.9 Å². The Morgan fingerprint density at radius 2 is 2.00 bits per heavy atom. The number of esters is 1. The molecule has 1 aliphatic heterocycles. The van der Waals surface area contributed by atoms with Gasteiger partial charge >= 0.3 is 5.97 Å². The van der Waals surface area contributed by atoms with Crippen LogP contribution in [0.4, 0.5) is 4.39 Å². The van der Waals surface area contributed by atoms with Crippen LogP contribution in [0.3, 0.4) is 0 Å². The van der Waals surface area contributed by atoms with Gasteiger partial charge in [0.1, 0.15) is 17.0 Å². The Morgan fingerprint density at radius 1 is 1.29 bits per heavy atom. The first-order chi connectivity index (χ1) is 11.4. The Kier molecular flexibility index (Phi) is 4.01. The molecule has 0 aromatic heterocycles. The molecule has 1 heterocycles. The van der Waals surface area contributed by atoms with E-state index in [9.17, 15) is 19.3 Å². The Hall–Kier alpha value is -2.47. The lowest BCUT2D eigenvalue weighted by atomic mass is 9.69. The van der Waals surface area contributed by atoms with Gasteiger partial charge < -0.3 is 4.74 Å². The minimum Gasteiger partial charge on any atom is -0.426 e. The largest absolute Gasteiger partial charge is 0.426 e. The maximum Gasteiger partial charge on any atom is 0.322 e. The summed E-state index contributed by atoms with van der Waals surface area (Å²) in [6.45, 7) is 0.874. The van der Waals surface area contributed by atoms with E-state index in [4.69, 9.17) is 16.3 Å². The third-order valence-electron chi connectivity index (χ3n) is 4.45. The normalized spacial score (nSPS) is 20.4. The van der Waals surface area contributed by atoms with Gasteiger partial charge in [-0.25, -0.2) is 4.39 Å². The fourth-order valence-corrected chi connectivity index (χ4v) is 3.48. The molecule has 0 fully saturated rings. The van der Waals surface area contributed by atoms with Crippen molar-refractivity contribution in [2.45, 2.75) is 18.3 Å². The fraction of sp³-hybridized carbons (Fsp3) is 0.235. The van der Waals surface area contributed by atoms with Crippen LogP contribution in [-0.4, -0.2) is 17.4 Å². The van der Waals surface area contributed by atoms with Crippen LogP contribution in [0.2, 0.25) is 5.02 Å². The molecular weight excluding hydrogens is 337 g/mol. The summed E-state index contributed by atoms with van der Waals surface area (Å²) >= 11 is 6.11. The Balaban J connectivity index is 2.24. The number of ether oxygens (including phenoxy) is 1. The van der Waals surface area contributed by atoms with E-state index in [1.54, 1.807) is 24.3 Å². The molecule has 24 heavy (non-hydrogen) atoms. The van der Waals surface area contributed by atoms with Crippen molar-refractivity contribution in [1.82, 2.24) is 0 Å². The number of nitro groups is 1. The fourth-order valence-electron chi connectivity index (χ4n) is 3.19. The van der Waals surface area contributed by atoms with Crippen molar-refractivity contribution in [2.75, 3.05) is 6.54 Å². The van der Waals surface area contributed by atoms with Gasteiger partial charge in [0.2, 0.25) is 6.54 Å². The molecule has 124 valence electrons. The quantitative estimate of drug-likeness (QED) is 0.365. The van der Waals surface area contributed by atoms with Gasteiger partial charge in [-0.15, -0.1) is 0 Å². The molecule has 0 radical (unpaired) electrons. The smallest absolute Gasteiger partial charge is 0.322 e. The molecule has 0 saturated carbocycles. The molecule has 7 heteroatoms. The average Bonchev–Trinajstić information content (AvgIpc) is 2.78. The minimum atomic E-state index is -1.41. The summed E-state index contributed by atoms with van der Waals surface area (Å²) in [6.07, 6.45) is 0. The summed E-state index contributed by atoms with van der Waals surface area (Å²) in [5, 5.41) is 11.3. The van der Waals surface area contributed by atoms with Gasteiger partial charge in [0.25, 0.3) is 0 Å². The molecule has 0 N–H and O–H groups in total. The Labute approximate surface area is 142 Å². The molecule has 0 spiro atoms. The van der Waals surface area contributed by atoms with E-state index in [2.05, 4.69) is 0 Å². The standard InChI is InChI=1S/C17H13ClFNO4/c1-17(10-5-2-3-8-14(10)24-16(17)21)11(9-20(22)23)15-12(18)6-4-7-13(15)19/h2-8,11H,9H2,1H3/t11-,17+/m1/s1. The summed E-state index contributed by atoms with van der Waals surface area (Å²) in [5.41, 5.74) is -0.969. The number of rotatable bonds is 4. The lowest BCUT2D eigenvalue weighted by molar-refractivity contribution is -0.484. The maximum atomic E-state index is 14.4. The first kappa shape index (κ1) is 16.4. The second-order valence-corrected chi connectivity index (χ2v) is 6.20. The molecule has 0 bridgehead atoms. The van der Waals surface area contributed by atoms with Crippen molar-refractivity contribution >= 4 is 17.6 Å². The number of para-hydroxylation sites is 1. The number of carbonyl (C=O) groups is 1. The van der Waals surface area contributed by atoms with Crippen LogP contribution in [0.5, 0.6) is 5.75 Å². The highest BCUT2D eigenvalue weighted by atomic mass is 35.5. The highest BCUT2D eigenvalue weighted by molar-refractivity contribution is 6.31. The zero-order chi connectivity index (χ0) is 17.5. The number of carbonyl (C=O) groups excluding carboxylic acids is 1. The number of nitrogens with zero attached hydrogens (tertiary/aromatic N) is 1. The van der Waals surface area contributed by atoms with E-state index in [-0.39, 0.29) is 10.6 Å². The molecular formula is C17H13ClFNO4. The molecule has 5 nitrogen and oxygen atoms in total. The lowest BCUT2D eigenvalue weighted by Crippen LogP contribution is -2.40.